The first kappa shape index (κ1) is 13.1. The summed E-state index contributed by atoms with van der Waals surface area (Å²) in [4.78, 5) is 27.2. The van der Waals surface area contributed by atoms with Gasteiger partial charge < -0.3 is 15.4 Å². The molecule has 2 amide bonds. The van der Waals surface area contributed by atoms with Gasteiger partial charge in [-0.25, -0.2) is 4.98 Å². The molecule has 8 nitrogen and oxygen atoms in total. The number of carbonyl (C=O) groups is 2. The summed E-state index contributed by atoms with van der Waals surface area (Å²) in [5.41, 5.74) is 1.05. The number of nitrogens with zero attached hydrogens (tertiary/aromatic N) is 2. The number of benzene rings is 1. The van der Waals surface area contributed by atoms with E-state index in [-0.39, 0.29) is 18.4 Å². The molecule has 0 saturated heterocycles. The second-order valence-corrected chi connectivity index (χ2v) is 4.49. The van der Waals surface area contributed by atoms with Gasteiger partial charge in [0, 0.05) is 18.5 Å². The van der Waals surface area contributed by atoms with Gasteiger partial charge >= 0.3 is 0 Å². The molecule has 0 aliphatic carbocycles. The fourth-order valence-corrected chi connectivity index (χ4v) is 1.96. The van der Waals surface area contributed by atoms with E-state index in [0.717, 1.165) is 0 Å². The van der Waals surface area contributed by atoms with Crippen LogP contribution < -0.4 is 15.4 Å². The predicted octanol–water partition coefficient (Wildman–Crippen LogP) is 0.108. The Balaban J connectivity index is 1.61. The van der Waals surface area contributed by atoms with Gasteiger partial charge in [-0.15, -0.1) is 0 Å². The van der Waals surface area contributed by atoms with Crippen molar-refractivity contribution < 1.29 is 14.3 Å². The summed E-state index contributed by atoms with van der Waals surface area (Å²) < 4.78 is 5.27. The third kappa shape index (κ3) is 2.99. The van der Waals surface area contributed by atoms with E-state index in [9.17, 15) is 9.59 Å². The number of hydrogen-bond donors (Lipinski definition) is 3. The van der Waals surface area contributed by atoms with E-state index in [2.05, 4.69) is 25.8 Å². The van der Waals surface area contributed by atoms with Gasteiger partial charge in [0.2, 0.25) is 0 Å². The number of fused-ring (bicyclic) bond motifs is 1. The number of amides is 2. The summed E-state index contributed by atoms with van der Waals surface area (Å²) >= 11 is 0. The number of hydrogen-bond acceptors (Lipinski definition) is 5. The highest BCUT2D eigenvalue weighted by molar-refractivity contribution is 5.98. The molecule has 0 radical (unpaired) electrons. The Bertz CT molecular complexity index is 668. The molecule has 0 unspecified atom stereocenters. The quantitative estimate of drug-likeness (QED) is 0.739. The van der Waals surface area contributed by atoms with Gasteiger partial charge in [-0.05, 0) is 18.2 Å². The highest BCUT2D eigenvalue weighted by Gasteiger charge is 2.17. The standard InChI is InChI=1S/C13H13N5O3/c19-12-6-21-10-5-8(1-2-9(10)17-12)13(20)14-4-3-11-15-7-16-18-11/h1-2,5,7H,3-4,6H2,(H,14,20)(H,17,19)(H,15,16,18). The molecule has 0 bridgehead atoms. The molecule has 108 valence electrons. The van der Waals surface area contributed by atoms with Crippen LogP contribution in [-0.4, -0.2) is 40.1 Å². The minimum absolute atomic E-state index is 0.0381. The Morgan fingerprint density at radius 3 is 3.14 bits per heavy atom. The minimum Gasteiger partial charge on any atom is -0.482 e. The smallest absolute Gasteiger partial charge is 0.262 e. The highest BCUT2D eigenvalue weighted by Crippen LogP contribution is 2.28. The SMILES string of the molecule is O=C1COc2cc(C(=O)NCCc3ncn[nH]3)ccc2N1. The fraction of sp³-hybridized carbons (Fsp3) is 0.231. The van der Waals surface area contributed by atoms with E-state index in [4.69, 9.17) is 4.74 Å². The Kier molecular flexibility index (Phi) is 3.50. The second kappa shape index (κ2) is 5.61. The van der Waals surface area contributed by atoms with Gasteiger partial charge in [-0.1, -0.05) is 0 Å². The van der Waals surface area contributed by atoms with Crippen molar-refractivity contribution in [3.05, 3.63) is 35.9 Å². The molecular weight excluding hydrogens is 274 g/mol. The van der Waals surface area contributed by atoms with Gasteiger partial charge in [0.25, 0.3) is 11.8 Å². The summed E-state index contributed by atoms with van der Waals surface area (Å²) in [6, 6.07) is 4.90. The van der Waals surface area contributed by atoms with Crippen molar-refractivity contribution >= 4 is 17.5 Å². The maximum atomic E-state index is 12.0. The van der Waals surface area contributed by atoms with Crippen LogP contribution in [0.25, 0.3) is 0 Å². The summed E-state index contributed by atoms with van der Waals surface area (Å²) in [7, 11) is 0. The monoisotopic (exact) mass is 287 g/mol. The van der Waals surface area contributed by atoms with Gasteiger partial charge in [0.1, 0.15) is 17.9 Å². The molecule has 1 aliphatic heterocycles. The zero-order valence-electron chi connectivity index (χ0n) is 11.0. The van der Waals surface area contributed by atoms with Crippen LogP contribution in [0.15, 0.2) is 24.5 Å². The van der Waals surface area contributed by atoms with Crippen molar-refractivity contribution in [3.63, 3.8) is 0 Å². The van der Waals surface area contributed by atoms with Gasteiger partial charge in [-0.2, -0.15) is 5.10 Å². The van der Waals surface area contributed by atoms with Crippen LogP contribution in [0.1, 0.15) is 16.2 Å². The van der Waals surface area contributed by atoms with Crippen LogP contribution in [0.3, 0.4) is 0 Å². The number of nitrogens with one attached hydrogen (secondary N) is 3. The lowest BCUT2D eigenvalue weighted by atomic mass is 10.1. The topological polar surface area (TPSA) is 109 Å². The number of H-pyrrole nitrogens is 1. The molecule has 3 rings (SSSR count). The third-order valence-corrected chi connectivity index (χ3v) is 2.99. The van der Waals surface area contributed by atoms with Crippen molar-refractivity contribution in [3.8, 4) is 5.75 Å². The van der Waals surface area contributed by atoms with Crippen LogP contribution in [0.5, 0.6) is 5.75 Å². The van der Waals surface area contributed by atoms with Crippen LogP contribution >= 0.6 is 0 Å². The number of ether oxygens (including phenoxy) is 1. The Morgan fingerprint density at radius 2 is 2.33 bits per heavy atom. The van der Waals surface area contributed by atoms with E-state index in [0.29, 0.717) is 35.8 Å². The normalized spacial score (nSPS) is 13.0. The average Bonchev–Trinajstić information content (AvgIpc) is 3.00. The first-order chi connectivity index (χ1) is 10.2. The predicted molar refractivity (Wildman–Crippen MR) is 73.0 cm³/mol. The molecule has 0 saturated carbocycles. The summed E-state index contributed by atoms with van der Waals surface area (Å²) in [5, 5.41) is 11.9. The van der Waals surface area contributed by atoms with Crippen LogP contribution in [-0.2, 0) is 11.2 Å². The molecule has 1 aromatic carbocycles. The summed E-state index contributed by atoms with van der Waals surface area (Å²) in [5.74, 6) is 0.800. The van der Waals surface area contributed by atoms with Gasteiger partial charge in [0.05, 0.1) is 5.69 Å². The summed E-state index contributed by atoms with van der Waals surface area (Å²) in [6.07, 6.45) is 2.00. The van der Waals surface area contributed by atoms with Gasteiger partial charge in [-0.3, -0.25) is 14.7 Å². The van der Waals surface area contributed by atoms with Crippen LogP contribution in [0.4, 0.5) is 5.69 Å². The lowest BCUT2D eigenvalue weighted by molar-refractivity contribution is -0.118. The summed E-state index contributed by atoms with van der Waals surface area (Å²) in [6.45, 7) is 0.409. The molecule has 8 heteroatoms. The molecule has 1 aliphatic rings. The fourth-order valence-electron chi connectivity index (χ4n) is 1.96. The van der Waals surface area contributed by atoms with Crippen LogP contribution in [0.2, 0.25) is 0 Å². The number of anilines is 1. The highest BCUT2D eigenvalue weighted by atomic mass is 16.5. The van der Waals surface area contributed by atoms with E-state index in [1.807, 2.05) is 0 Å². The second-order valence-electron chi connectivity index (χ2n) is 4.49. The molecule has 21 heavy (non-hydrogen) atoms. The lowest BCUT2D eigenvalue weighted by Gasteiger charge is -2.18. The first-order valence-corrected chi connectivity index (χ1v) is 6.41. The lowest BCUT2D eigenvalue weighted by Crippen LogP contribution is -2.28. The minimum atomic E-state index is -0.210. The van der Waals surface area contributed by atoms with Crippen molar-refractivity contribution in [1.29, 1.82) is 0 Å². The number of rotatable bonds is 4. The first-order valence-electron chi connectivity index (χ1n) is 6.41. The maximum Gasteiger partial charge on any atom is 0.262 e. The zero-order chi connectivity index (χ0) is 14.7. The number of aromatic nitrogens is 3. The Hall–Kier alpha value is -2.90. The van der Waals surface area contributed by atoms with E-state index >= 15 is 0 Å². The van der Waals surface area contributed by atoms with Crippen molar-refractivity contribution in [2.24, 2.45) is 0 Å². The molecule has 1 aromatic heterocycles. The van der Waals surface area contributed by atoms with Gasteiger partial charge in [0.15, 0.2) is 6.61 Å². The molecule has 0 atom stereocenters. The van der Waals surface area contributed by atoms with E-state index in [1.54, 1.807) is 18.2 Å². The van der Waals surface area contributed by atoms with Crippen molar-refractivity contribution in [1.82, 2.24) is 20.5 Å². The third-order valence-electron chi connectivity index (χ3n) is 2.99. The van der Waals surface area contributed by atoms with E-state index in [1.165, 1.54) is 6.33 Å². The molecule has 2 aromatic rings. The largest absolute Gasteiger partial charge is 0.482 e. The zero-order valence-corrected chi connectivity index (χ0v) is 11.0. The average molecular weight is 287 g/mol. The molecule has 2 heterocycles. The number of carbonyl (C=O) groups excluding carboxylic acids is 2. The molecular formula is C13H13N5O3. The van der Waals surface area contributed by atoms with Crippen LogP contribution in [0, 0.1) is 0 Å². The Morgan fingerprint density at radius 1 is 1.43 bits per heavy atom. The Labute approximate surface area is 119 Å². The van der Waals surface area contributed by atoms with E-state index < -0.39 is 0 Å². The maximum absolute atomic E-state index is 12.0. The van der Waals surface area contributed by atoms with Crippen molar-refractivity contribution in [2.45, 2.75) is 6.42 Å². The molecule has 0 spiro atoms. The number of aromatic amines is 1. The molecule has 3 N–H and O–H groups in total. The molecule has 0 fully saturated rings. The van der Waals surface area contributed by atoms with Crippen molar-refractivity contribution in [2.75, 3.05) is 18.5 Å².